The minimum atomic E-state index is -0.486. The molecule has 8 heteroatoms. The number of piperidine rings is 1. The van der Waals surface area contributed by atoms with E-state index in [1.807, 2.05) is 17.8 Å². The highest BCUT2D eigenvalue weighted by atomic mass is 16.5. The molecule has 0 aliphatic carbocycles. The minimum Gasteiger partial charge on any atom is -0.465 e. The zero-order valence-electron chi connectivity index (χ0n) is 14.3. The number of likely N-dealkylation sites (tertiary alicyclic amines) is 1. The number of aryl methyl sites for hydroxylation is 1. The molecule has 0 atom stereocenters. The van der Waals surface area contributed by atoms with Gasteiger partial charge in [-0.2, -0.15) is 5.10 Å². The summed E-state index contributed by atoms with van der Waals surface area (Å²) in [6.45, 7) is 1.34. The number of methoxy groups -OCH3 is 1. The second-order valence-electron chi connectivity index (χ2n) is 6.03. The van der Waals surface area contributed by atoms with Gasteiger partial charge in [-0.25, -0.2) is 9.59 Å². The van der Waals surface area contributed by atoms with Gasteiger partial charge in [0.1, 0.15) is 0 Å². The molecular formula is C17H21N5O3. The molecule has 8 nitrogen and oxygen atoms in total. The van der Waals surface area contributed by atoms with Gasteiger partial charge >= 0.3 is 12.0 Å². The predicted molar refractivity (Wildman–Crippen MR) is 91.4 cm³/mol. The highest BCUT2D eigenvalue weighted by Crippen LogP contribution is 2.27. The van der Waals surface area contributed by atoms with E-state index in [0.717, 1.165) is 12.8 Å². The molecule has 1 aliphatic rings. The number of rotatable bonds is 3. The van der Waals surface area contributed by atoms with Gasteiger partial charge in [0, 0.05) is 44.1 Å². The Hall–Kier alpha value is -2.90. The van der Waals surface area contributed by atoms with Gasteiger partial charge in [0.15, 0.2) is 0 Å². The lowest BCUT2D eigenvalue weighted by atomic mass is 9.93. The number of carbonyl (C=O) groups is 2. The molecule has 0 bridgehead atoms. The van der Waals surface area contributed by atoms with Crippen LogP contribution < -0.4 is 5.32 Å². The summed E-state index contributed by atoms with van der Waals surface area (Å²) < 4.78 is 6.55. The first-order chi connectivity index (χ1) is 12.1. The molecule has 132 valence electrons. The SMILES string of the molecule is COC(=O)c1cncc(NC(=O)N2CCC(c3ccnn3C)CC2)c1. The van der Waals surface area contributed by atoms with Crippen molar-refractivity contribution in [2.45, 2.75) is 18.8 Å². The molecule has 0 aromatic carbocycles. The molecule has 0 unspecified atom stereocenters. The molecule has 3 rings (SSSR count). The lowest BCUT2D eigenvalue weighted by molar-refractivity contribution is 0.0600. The van der Waals surface area contributed by atoms with Gasteiger partial charge in [0.25, 0.3) is 0 Å². The molecule has 0 radical (unpaired) electrons. The van der Waals surface area contributed by atoms with Gasteiger partial charge in [-0.1, -0.05) is 0 Å². The Morgan fingerprint density at radius 3 is 2.68 bits per heavy atom. The van der Waals surface area contributed by atoms with Crippen LogP contribution >= 0.6 is 0 Å². The highest BCUT2D eigenvalue weighted by Gasteiger charge is 2.25. The van der Waals surface area contributed by atoms with E-state index in [4.69, 9.17) is 0 Å². The van der Waals surface area contributed by atoms with Crippen LogP contribution in [-0.2, 0) is 11.8 Å². The number of nitrogens with zero attached hydrogens (tertiary/aromatic N) is 4. The third-order valence-electron chi connectivity index (χ3n) is 4.47. The van der Waals surface area contributed by atoms with Crippen LogP contribution in [0.1, 0.15) is 34.8 Å². The van der Waals surface area contributed by atoms with Crippen LogP contribution in [-0.4, -0.2) is 51.9 Å². The topological polar surface area (TPSA) is 89.3 Å². The van der Waals surface area contributed by atoms with Crippen LogP contribution in [0.25, 0.3) is 0 Å². The molecule has 2 aromatic heterocycles. The zero-order chi connectivity index (χ0) is 17.8. The molecule has 1 N–H and O–H groups in total. The van der Waals surface area contributed by atoms with Gasteiger partial charge < -0.3 is 15.0 Å². The maximum Gasteiger partial charge on any atom is 0.339 e. The largest absolute Gasteiger partial charge is 0.465 e. The van der Waals surface area contributed by atoms with Crippen molar-refractivity contribution in [3.8, 4) is 0 Å². The molecule has 0 saturated carbocycles. The zero-order valence-corrected chi connectivity index (χ0v) is 14.3. The van der Waals surface area contributed by atoms with Crippen LogP contribution in [0.15, 0.2) is 30.7 Å². The van der Waals surface area contributed by atoms with E-state index in [1.54, 1.807) is 17.2 Å². The summed E-state index contributed by atoms with van der Waals surface area (Å²) in [5.41, 5.74) is 1.98. The normalized spacial score (nSPS) is 15.0. The summed E-state index contributed by atoms with van der Waals surface area (Å²) in [6.07, 6.45) is 6.50. The molecule has 2 aromatic rings. The van der Waals surface area contributed by atoms with E-state index in [-0.39, 0.29) is 6.03 Å². The van der Waals surface area contributed by atoms with Crippen molar-refractivity contribution < 1.29 is 14.3 Å². The van der Waals surface area contributed by atoms with E-state index in [2.05, 4.69) is 20.1 Å². The number of urea groups is 1. The van der Waals surface area contributed by atoms with Gasteiger partial charge in [0.05, 0.1) is 24.6 Å². The number of ether oxygens (including phenoxy) is 1. The number of hydrogen-bond acceptors (Lipinski definition) is 5. The Labute approximate surface area is 145 Å². The third kappa shape index (κ3) is 3.78. The van der Waals surface area contributed by atoms with Crippen molar-refractivity contribution in [3.05, 3.63) is 42.0 Å². The Balaban J connectivity index is 1.58. The number of hydrogen-bond donors (Lipinski definition) is 1. The Morgan fingerprint density at radius 2 is 2.04 bits per heavy atom. The molecule has 1 fully saturated rings. The summed E-state index contributed by atoms with van der Waals surface area (Å²) in [6, 6.07) is 3.40. The molecule has 3 heterocycles. The van der Waals surface area contributed by atoms with Crippen LogP contribution in [0.3, 0.4) is 0 Å². The van der Waals surface area contributed by atoms with E-state index >= 15 is 0 Å². The van der Waals surface area contributed by atoms with Crippen molar-refractivity contribution in [2.75, 3.05) is 25.5 Å². The summed E-state index contributed by atoms with van der Waals surface area (Å²) in [5, 5.41) is 7.00. The minimum absolute atomic E-state index is 0.188. The number of esters is 1. The van der Waals surface area contributed by atoms with Crippen molar-refractivity contribution in [1.29, 1.82) is 0 Å². The summed E-state index contributed by atoms with van der Waals surface area (Å²) in [7, 11) is 3.25. The number of pyridine rings is 1. The van der Waals surface area contributed by atoms with Crippen LogP contribution in [0, 0.1) is 0 Å². The molecule has 2 amide bonds. The Kier molecular flexibility index (Phi) is 4.97. The van der Waals surface area contributed by atoms with Crippen molar-refractivity contribution >= 4 is 17.7 Å². The lowest BCUT2D eigenvalue weighted by Crippen LogP contribution is -2.40. The van der Waals surface area contributed by atoms with Crippen molar-refractivity contribution in [1.82, 2.24) is 19.7 Å². The molecule has 0 spiro atoms. The second-order valence-corrected chi connectivity index (χ2v) is 6.03. The van der Waals surface area contributed by atoms with E-state index in [0.29, 0.717) is 30.3 Å². The number of amides is 2. The first-order valence-electron chi connectivity index (χ1n) is 8.15. The highest BCUT2D eigenvalue weighted by molar-refractivity contribution is 5.93. The fraction of sp³-hybridized carbons (Fsp3) is 0.412. The Bertz CT molecular complexity index is 765. The quantitative estimate of drug-likeness (QED) is 0.861. The summed E-state index contributed by atoms with van der Waals surface area (Å²) >= 11 is 0. The van der Waals surface area contributed by atoms with Gasteiger partial charge in [-0.3, -0.25) is 9.67 Å². The van der Waals surface area contributed by atoms with Gasteiger partial charge in [0.2, 0.25) is 0 Å². The third-order valence-corrected chi connectivity index (χ3v) is 4.47. The average molecular weight is 343 g/mol. The summed E-state index contributed by atoms with van der Waals surface area (Å²) in [5.74, 6) is -0.0681. The number of aromatic nitrogens is 3. The van der Waals surface area contributed by atoms with Gasteiger partial charge in [-0.15, -0.1) is 0 Å². The predicted octanol–water partition coefficient (Wildman–Crippen LogP) is 2.01. The van der Waals surface area contributed by atoms with Crippen LogP contribution in [0.4, 0.5) is 10.5 Å². The van der Waals surface area contributed by atoms with E-state index < -0.39 is 5.97 Å². The molecule has 1 saturated heterocycles. The maximum atomic E-state index is 12.4. The second kappa shape index (κ2) is 7.33. The Morgan fingerprint density at radius 1 is 1.28 bits per heavy atom. The van der Waals surface area contributed by atoms with E-state index in [9.17, 15) is 9.59 Å². The fourth-order valence-corrected chi connectivity index (χ4v) is 3.10. The molecule has 25 heavy (non-hydrogen) atoms. The lowest BCUT2D eigenvalue weighted by Gasteiger charge is -2.32. The number of carbonyl (C=O) groups excluding carboxylic acids is 2. The van der Waals surface area contributed by atoms with Crippen LogP contribution in [0.5, 0.6) is 0 Å². The van der Waals surface area contributed by atoms with Crippen molar-refractivity contribution in [2.24, 2.45) is 7.05 Å². The first-order valence-corrected chi connectivity index (χ1v) is 8.15. The standard InChI is InChI=1S/C17H21N5O3/c1-21-15(3-6-19-21)12-4-7-22(8-5-12)17(24)20-14-9-13(10-18-11-14)16(23)25-2/h3,6,9-12H,4-5,7-8H2,1-2H3,(H,20,24). The number of nitrogens with one attached hydrogen (secondary N) is 1. The summed E-state index contributed by atoms with van der Waals surface area (Å²) in [4.78, 5) is 29.7. The number of anilines is 1. The molecule has 1 aliphatic heterocycles. The fourth-order valence-electron chi connectivity index (χ4n) is 3.10. The van der Waals surface area contributed by atoms with Crippen molar-refractivity contribution in [3.63, 3.8) is 0 Å². The maximum absolute atomic E-state index is 12.4. The van der Waals surface area contributed by atoms with E-state index in [1.165, 1.54) is 25.2 Å². The molecular weight excluding hydrogens is 322 g/mol. The van der Waals surface area contributed by atoms with Crippen LogP contribution in [0.2, 0.25) is 0 Å². The average Bonchev–Trinajstić information content (AvgIpc) is 3.07. The monoisotopic (exact) mass is 343 g/mol. The first kappa shape index (κ1) is 16.9. The van der Waals surface area contributed by atoms with Gasteiger partial charge in [-0.05, 0) is 25.0 Å². The smallest absolute Gasteiger partial charge is 0.339 e.